The molecule has 0 bridgehead atoms. The first kappa shape index (κ1) is 14.1. The normalized spacial score (nSPS) is 22.9. The third-order valence-electron chi connectivity index (χ3n) is 4.19. The number of alkyl halides is 1. The van der Waals surface area contributed by atoms with Crippen molar-refractivity contribution in [1.82, 2.24) is 4.90 Å². The van der Waals surface area contributed by atoms with Crippen LogP contribution in [0.5, 0.6) is 0 Å². The molecule has 104 valence electrons. The van der Waals surface area contributed by atoms with Gasteiger partial charge in [-0.25, -0.2) is 0 Å². The lowest BCUT2D eigenvalue weighted by molar-refractivity contribution is -0.141. The van der Waals surface area contributed by atoms with Gasteiger partial charge >= 0.3 is 0 Å². The molecule has 2 aliphatic rings. The van der Waals surface area contributed by atoms with Crippen LogP contribution in [-0.4, -0.2) is 42.5 Å². The van der Waals surface area contributed by atoms with E-state index < -0.39 is 0 Å². The zero-order valence-corrected chi connectivity index (χ0v) is 11.8. The lowest BCUT2D eigenvalue weighted by Gasteiger charge is -2.37. The van der Waals surface area contributed by atoms with Gasteiger partial charge in [0.25, 0.3) is 0 Å². The van der Waals surface area contributed by atoms with Crippen LogP contribution in [0.2, 0.25) is 0 Å². The van der Waals surface area contributed by atoms with Crippen LogP contribution < -0.4 is 0 Å². The molecule has 0 atom stereocenters. The molecule has 1 saturated heterocycles. The van der Waals surface area contributed by atoms with E-state index in [0.717, 1.165) is 38.9 Å². The highest BCUT2D eigenvalue weighted by molar-refractivity contribution is 6.18. The molecule has 0 aromatic rings. The van der Waals surface area contributed by atoms with Gasteiger partial charge in [0.05, 0.1) is 0 Å². The third-order valence-corrected chi connectivity index (χ3v) is 4.36. The monoisotopic (exact) mass is 273 g/mol. The van der Waals surface area contributed by atoms with Crippen LogP contribution in [0.3, 0.4) is 0 Å². The first-order valence-electron chi connectivity index (χ1n) is 7.27. The van der Waals surface area contributed by atoms with E-state index >= 15 is 0 Å². The predicted molar refractivity (Wildman–Crippen MR) is 72.8 cm³/mol. The van der Waals surface area contributed by atoms with E-state index in [-0.39, 0.29) is 5.92 Å². The molecule has 1 saturated carbocycles. The second-order valence-corrected chi connectivity index (χ2v) is 5.78. The number of carbonyl (C=O) groups is 1. The number of ether oxygens (including phenoxy) is 1. The fourth-order valence-electron chi connectivity index (χ4n) is 3.14. The van der Waals surface area contributed by atoms with E-state index in [9.17, 15) is 4.79 Å². The Bertz CT molecular complexity index is 261. The van der Waals surface area contributed by atoms with Crippen LogP contribution >= 0.6 is 11.6 Å². The molecule has 0 aromatic carbocycles. The first-order chi connectivity index (χ1) is 8.83. The van der Waals surface area contributed by atoms with E-state index in [0.29, 0.717) is 24.4 Å². The topological polar surface area (TPSA) is 29.5 Å². The molecule has 1 heterocycles. The SMILES string of the molecule is O=C(C1CCOCC1)N(CCCl)C1CCCCC1. The molecule has 1 aliphatic heterocycles. The maximum Gasteiger partial charge on any atom is 0.226 e. The Morgan fingerprint density at radius 1 is 1.11 bits per heavy atom. The van der Waals surface area contributed by atoms with Gasteiger partial charge in [0, 0.05) is 37.6 Å². The van der Waals surface area contributed by atoms with E-state index in [1.165, 1.54) is 19.3 Å². The Labute approximate surface area is 115 Å². The van der Waals surface area contributed by atoms with Crippen molar-refractivity contribution in [2.75, 3.05) is 25.6 Å². The van der Waals surface area contributed by atoms with Crippen LogP contribution in [0.1, 0.15) is 44.9 Å². The Hall–Kier alpha value is -0.280. The Kier molecular flexibility index (Phi) is 5.77. The standard InChI is InChI=1S/C14H24ClNO2/c15-8-9-16(13-4-2-1-3-5-13)14(17)12-6-10-18-11-7-12/h12-13H,1-11H2. The van der Waals surface area contributed by atoms with Crippen molar-refractivity contribution in [1.29, 1.82) is 0 Å². The molecule has 18 heavy (non-hydrogen) atoms. The predicted octanol–water partition coefficient (Wildman–Crippen LogP) is 2.81. The van der Waals surface area contributed by atoms with E-state index in [4.69, 9.17) is 16.3 Å². The summed E-state index contributed by atoms with van der Waals surface area (Å²) in [6, 6.07) is 0.438. The maximum absolute atomic E-state index is 12.6. The van der Waals surface area contributed by atoms with E-state index in [1.807, 2.05) is 0 Å². The van der Waals surface area contributed by atoms with Gasteiger partial charge in [-0.3, -0.25) is 4.79 Å². The summed E-state index contributed by atoms with van der Waals surface area (Å²) < 4.78 is 5.34. The fourth-order valence-corrected chi connectivity index (χ4v) is 3.32. The van der Waals surface area contributed by atoms with Gasteiger partial charge in [-0.1, -0.05) is 19.3 Å². The van der Waals surface area contributed by atoms with Crippen LogP contribution in [0.25, 0.3) is 0 Å². The molecule has 2 rings (SSSR count). The molecular weight excluding hydrogens is 250 g/mol. The Morgan fingerprint density at radius 2 is 1.78 bits per heavy atom. The van der Waals surface area contributed by atoms with Gasteiger partial charge in [-0.15, -0.1) is 11.6 Å². The maximum atomic E-state index is 12.6. The smallest absolute Gasteiger partial charge is 0.226 e. The quantitative estimate of drug-likeness (QED) is 0.737. The number of hydrogen-bond donors (Lipinski definition) is 0. The first-order valence-corrected chi connectivity index (χ1v) is 7.80. The summed E-state index contributed by atoms with van der Waals surface area (Å²) in [6.45, 7) is 2.17. The summed E-state index contributed by atoms with van der Waals surface area (Å²) in [7, 11) is 0. The van der Waals surface area contributed by atoms with Crippen molar-refractivity contribution in [3.8, 4) is 0 Å². The second-order valence-electron chi connectivity index (χ2n) is 5.40. The third kappa shape index (κ3) is 3.61. The summed E-state index contributed by atoms with van der Waals surface area (Å²) >= 11 is 5.88. The van der Waals surface area contributed by atoms with Crippen LogP contribution in [0.4, 0.5) is 0 Å². The van der Waals surface area contributed by atoms with Gasteiger partial charge in [-0.2, -0.15) is 0 Å². The fraction of sp³-hybridized carbons (Fsp3) is 0.929. The number of rotatable bonds is 4. The van der Waals surface area contributed by atoms with Crippen LogP contribution in [-0.2, 0) is 9.53 Å². The molecule has 3 nitrogen and oxygen atoms in total. The minimum Gasteiger partial charge on any atom is -0.381 e. The van der Waals surface area contributed by atoms with Gasteiger partial charge in [-0.05, 0) is 25.7 Å². The zero-order valence-electron chi connectivity index (χ0n) is 11.1. The van der Waals surface area contributed by atoms with Gasteiger partial charge in [0.1, 0.15) is 0 Å². The molecular formula is C14H24ClNO2. The average Bonchev–Trinajstić information content (AvgIpc) is 2.46. The molecule has 0 unspecified atom stereocenters. The van der Waals surface area contributed by atoms with Crippen LogP contribution in [0, 0.1) is 5.92 Å². The van der Waals surface area contributed by atoms with Crippen molar-refractivity contribution < 1.29 is 9.53 Å². The lowest BCUT2D eigenvalue weighted by atomic mass is 9.91. The highest BCUT2D eigenvalue weighted by Gasteiger charge is 2.31. The number of nitrogens with zero attached hydrogens (tertiary/aromatic N) is 1. The molecule has 1 aliphatic carbocycles. The zero-order chi connectivity index (χ0) is 12.8. The van der Waals surface area contributed by atoms with E-state index in [2.05, 4.69) is 4.90 Å². The largest absolute Gasteiger partial charge is 0.381 e. The average molecular weight is 274 g/mol. The number of amides is 1. The van der Waals surface area contributed by atoms with Crippen molar-refractivity contribution in [3.05, 3.63) is 0 Å². The summed E-state index contributed by atoms with van der Waals surface area (Å²) in [6.07, 6.45) is 7.90. The van der Waals surface area contributed by atoms with Gasteiger partial charge < -0.3 is 9.64 Å². The highest BCUT2D eigenvalue weighted by atomic mass is 35.5. The number of halogens is 1. The van der Waals surface area contributed by atoms with Gasteiger partial charge in [0.2, 0.25) is 5.91 Å². The highest BCUT2D eigenvalue weighted by Crippen LogP contribution is 2.26. The molecule has 0 radical (unpaired) electrons. The summed E-state index contributed by atoms with van der Waals surface area (Å²) in [4.78, 5) is 14.7. The molecule has 0 spiro atoms. The molecule has 0 aromatic heterocycles. The van der Waals surface area contributed by atoms with Crippen molar-refractivity contribution in [3.63, 3.8) is 0 Å². The molecule has 4 heteroatoms. The molecule has 1 amide bonds. The van der Waals surface area contributed by atoms with E-state index in [1.54, 1.807) is 0 Å². The lowest BCUT2D eigenvalue weighted by Crippen LogP contribution is -2.46. The van der Waals surface area contributed by atoms with Gasteiger partial charge in [0.15, 0.2) is 0 Å². The minimum absolute atomic E-state index is 0.170. The van der Waals surface area contributed by atoms with Crippen molar-refractivity contribution in [2.24, 2.45) is 5.92 Å². The number of hydrogen-bond acceptors (Lipinski definition) is 2. The molecule has 0 N–H and O–H groups in total. The summed E-state index contributed by atoms with van der Waals surface area (Å²) in [5.74, 6) is 1.04. The van der Waals surface area contributed by atoms with Crippen molar-refractivity contribution >= 4 is 17.5 Å². The minimum atomic E-state index is 0.170. The summed E-state index contributed by atoms with van der Waals surface area (Å²) in [5, 5.41) is 0. The Balaban J connectivity index is 1.96. The Morgan fingerprint density at radius 3 is 2.39 bits per heavy atom. The summed E-state index contributed by atoms with van der Waals surface area (Å²) in [5.41, 5.74) is 0. The molecule has 2 fully saturated rings. The van der Waals surface area contributed by atoms with Crippen molar-refractivity contribution in [2.45, 2.75) is 51.0 Å². The number of carbonyl (C=O) groups excluding carboxylic acids is 1. The second kappa shape index (κ2) is 7.34. The van der Waals surface area contributed by atoms with Crippen LogP contribution in [0.15, 0.2) is 0 Å².